The van der Waals surface area contributed by atoms with Crippen LogP contribution in [-0.4, -0.2) is 31.7 Å². The molecule has 2 heterocycles. The Hall–Kier alpha value is -2.60. The third-order valence-corrected chi connectivity index (χ3v) is 3.01. The highest BCUT2D eigenvalue weighted by atomic mass is 15.6. The molecule has 106 valence electrons. The monoisotopic (exact) mass is 280 g/mol. The van der Waals surface area contributed by atoms with Crippen LogP contribution in [-0.2, 0) is 13.1 Å². The fraction of sp³-hybridized carbons (Fsp3) is 0.200. The fourth-order valence-corrected chi connectivity index (χ4v) is 1.94. The molecule has 1 N–H and O–H groups in total. The second-order valence-corrected chi connectivity index (χ2v) is 4.57. The Morgan fingerprint density at radius 1 is 1.00 bits per heavy atom. The standard InChI is InChI=1S/C15H16N6/c1-2-6-13(7-3-1)15-18-20-21(19-15)11-10-16-12-14-8-4-5-9-17-14/h1-9,16H,10-12H2. The molecule has 6 nitrogen and oxygen atoms in total. The summed E-state index contributed by atoms with van der Waals surface area (Å²) in [4.78, 5) is 5.86. The van der Waals surface area contributed by atoms with Crippen LogP contribution in [0.3, 0.4) is 0 Å². The number of hydrogen-bond acceptors (Lipinski definition) is 5. The summed E-state index contributed by atoms with van der Waals surface area (Å²) in [5.74, 6) is 0.653. The Balaban J connectivity index is 1.49. The van der Waals surface area contributed by atoms with Crippen molar-refractivity contribution in [3.63, 3.8) is 0 Å². The van der Waals surface area contributed by atoms with Crippen molar-refractivity contribution in [2.75, 3.05) is 6.54 Å². The van der Waals surface area contributed by atoms with E-state index in [4.69, 9.17) is 0 Å². The SMILES string of the molecule is c1ccc(-c2nnn(CCNCc3ccccn3)n2)cc1. The van der Waals surface area contributed by atoms with Gasteiger partial charge in [0.25, 0.3) is 0 Å². The summed E-state index contributed by atoms with van der Waals surface area (Å²) in [5.41, 5.74) is 2.00. The van der Waals surface area contributed by atoms with Crippen molar-refractivity contribution < 1.29 is 0 Å². The Morgan fingerprint density at radius 2 is 1.86 bits per heavy atom. The lowest BCUT2D eigenvalue weighted by molar-refractivity contribution is 0.490. The van der Waals surface area contributed by atoms with E-state index in [2.05, 4.69) is 25.7 Å². The first-order valence-electron chi connectivity index (χ1n) is 6.86. The van der Waals surface area contributed by atoms with E-state index in [-0.39, 0.29) is 0 Å². The van der Waals surface area contributed by atoms with Gasteiger partial charge in [-0.3, -0.25) is 4.98 Å². The van der Waals surface area contributed by atoms with Crippen molar-refractivity contribution in [2.24, 2.45) is 0 Å². The average Bonchev–Trinajstić information content (AvgIpc) is 3.02. The number of pyridine rings is 1. The molecule has 0 aliphatic heterocycles. The first-order chi connectivity index (χ1) is 10.4. The number of benzene rings is 1. The molecule has 21 heavy (non-hydrogen) atoms. The van der Waals surface area contributed by atoms with Gasteiger partial charge in [0, 0.05) is 24.8 Å². The van der Waals surface area contributed by atoms with E-state index in [1.807, 2.05) is 48.5 Å². The van der Waals surface area contributed by atoms with E-state index < -0.39 is 0 Å². The van der Waals surface area contributed by atoms with E-state index in [9.17, 15) is 0 Å². The maximum absolute atomic E-state index is 4.36. The maximum atomic E-state index is 4.36. The Kier molecular flexibility index (Phi) is 4.28. The number of hydrogen-bond donors (Lipinski definition) is 1. The van der Waals surface area contributed by atoms with Gasteiger partial charge in [0.2, 0.25) is 5.82 Å². The zero-order valence-electron chi connectivity index (χ0n) is 11.6. The Labute approximate surface area is 122 Å². The summed E-state index contributed by atoms with van der Waals surface area (Å²) in [6, 6.07) is 15.7. The molecule has 0 atom stereocenters. The molecule has 0 saturated carbocycles. The molecule has 0 radical (unpaired) electrons. The third-order valence-electron chi connectivity index (χ3n) is 3.01. The lowest BCUT2D eigenvalue weighted by Gasteiger charge is -2.02. The molecular formula is C15H16N6. The van der Waals surface area contributed by atoms with Gasteiger partial charge in [-0.2, -0.15) is 4.80 Å². The van der Waals surface area contributed by atoms with Gasteiger partial charge in [0.15, 0.2) is 0 Å². The minimum atomic E-state index is 0.653. The summed E-state index contributed by atoms with van der Waals surface area (Å²) in [5, 5.41) is 15.8. The Morgan fingerprint density at radius 3 is 2.67 bits per heavy atom. The van der Waals surface area contributed by atoms with Crippen molar-refractivity contribution in [3.8, 4) is 11.4 Å². The second kappa shape index (κ2) is 6.71. The zero-order chi connectivity index (χ0) is 14.3. The van der Waals surface area contributed by atoms with Gasteiger partial charge < -0.3 is 5.32 Å². The van der Waals surface area contributed by atoms with Crippen molar-refractivity contribution in [2.45, 2.75) is 13.1 Å². The highest BCUT2D eigenvalue weighted by Crippen LogP contribution is 2.11. The van der Waals surface area contributed by atoms with Gasteiger partial charge >= 0.3 is 0 Å². The topological polar surface area (TPSA) is 68.5 Å². The van der Waals surface area contributed by atoms with E-state index in [0.717, 1.165) is 24.3 Å². The van der Waals surface area contributed by atoms with Gasteiger partial charge in [0.1, 0.15) is 0 Å². The summed E-state index contributed by atoms with van der Waals surface area (Å²) in [6.07, 6.45) is 1.79. The van der Waals surface area contributed by atoms with E-state index in [1.165, 1.54) is 0 Å². The highest BCUT2D eigenvalue weighted by molar-refractivity contribution is 5.52. The van der Waals surface area contributed by atoms with Gasteiger partial charge in [-0.05, 0) is 17.3 Å². The summed E-state index contributed by atoms with van der Waals surface area (Å²) in [7, 11) is 0. The van der Waals surface area contributed by atoms with Crippen LogP contribution >= 0.6 is 0 Å². The molecule has 1 aromatic carbocycles. The van der Waals surface area contributed by atoms with Crippen LogP contribution in [0.1, 0.15) is 5.69 Å². The molecule has 6 heteroatoms. The number of nitrogens with zero attached hydrogens (tertiary/aromatic N) is 5. The smallest absolute Gasteiger partial charge is 0.204 e. The fourth-order valence-electron chi connectivity index (χ4n) is 1.94. The summed E-state index contributed by atoms with van der Waals surface area (Å²) >= 11 is 0. The normalized spacial score (nSPS) is 10.7. The lowest BCUT2D eigenvalue weighted by atomic mass is 10.2. The Bertz CT molecular complexity index is 665. The molecule has 0 fully saturated rings. The third kappa shape index (κ3) is 3.70. The van der Waals surface area contributed by atoms with Crippen molar-refractivity contribution >= 4 is 0 Å². The number of tetrazole rings is 1. The highest BCUT2D eigenvalue weighted by Gasteiger charge is 2.04. The van der Waals surface area contributed by atoms with Crippen LogP contribution in [0.15, 0.2) is 54.7 Å². The van der Waals surface area contributed by atoms with Crippen molar-refractivity contribution in [1.82, 2.24) is 30.5 Å². The average molecular weight is 280 g/mol. The quantitative estimate of drug-likeness (QED) is 0.693. The molecule has 3 rings (SSSR count). The first kappa shape index (κ1) is 13.4. The summed E-state index contributed by atoms with van der Waals surface area (Å²) < 4.78 is 0. The van der Waals surface area contributed by atoms with Crippen LogP contribution in [0.4, 0.5) is 0 Å². The molecule has 0 aliphatic rings. The maximum Gasteiger partial charge on any atom is 0.204 e. The largest absolute Gasteiger partial charge is 0.309 e. The van der Waals surface area contributed by atoms with Crippen LogP contribution in [0, 0.1) is 0 Å². The molecule has 0 aliphatic carbocycles. The predicted octanol–water partition coefficient (Wildman–Crippen LogP) is 1.52. The first-order valence-corrected chi connectivity index (χ1v) is 6.86. The molecule has 0 saturated heterocycles. The number of nitrogens with one attached hydrogen (secondary N) is 1. The van der Waals surface area contributed by atoms with Crippen LogP contribution < -0.4 is 5.32 Å². The van der Waals surface area contributed by atoms with E-state index >= 15 is 0 Å². The zero-order valence-corrected chi connectivity index (χ0v) is 11.6. The van der Waals surface area contributed by atoms with Crippen molar-refractivity contribution in [1.29, 1.82) is 0 Å². The van der Waals surface area contributed by atoms with Gasteiger partial charge in [-0.15, -0.1) is 10.2 Å². The number of rotatable bonds is 6. The van der Waals surface area contributed by atoms with E-state index in [1.54, 1.807) is 11.0 Å². The molecule has 0 spiro atoms. The molecule has 0 unspecified atom stereocenters. The van der Waals surface area contributed by atoms with E-state index in [0.29, 0.717) is 12.4 Å². The second-order valence-electron chi connectivity index (χ2n) is 4.57. The molecule has 3 aromatic rings. The minimum absolute atomic E-state index is 0.653. The molecule has 2 aromatic heterocycles. The summed E-state index contributed by atoms with van der Waals surface area (Å²) in [6.45, 7) is 2.18. The number of aromatic nitrogens is 5. The van der Waals surface area contributed by atoms with Gasteiger partial charge in [-0.1, -0.05) is 36.4 Å². The van der Waals surface area contributed by atoms with Gasteiger partial charge in [0.05, 0.1) is 12.2 Å². The molecule has 0 bridgehead atoms. The minimum Gasteiger partial charge on any atom is -0.309 e. The van der Waals surface area contributed by atoms with Crippen molar-refractivity contribution in [3.05, 3.63) is 60.4 Å². The predicted molar refractivity (Wildman–Crippen MR) is 79.2 cm³/mol. The van der Waals surface area contributed by atoms with Crippen LogP contribution in [0.2, 0.25) is 0 Å². The molecular weight excluding hydrogens is 264 g/mol. The van der Waals surface area contributed by atoms with Crippen LogP contribution in [0.25, 0.3) is 11.4 Å². The van der Waals surface area contributed by atoms with Crippen LogP contribution in [0.5, 0.6) is 0 Å². The van der Waals surface area contributed by atoms with Gasteiger partial charge in [-0.25, -0.2) is 0 Å². The molecule has 0 amide bonds. The lowest BCUT2D eigenvalue weighted by Crippen LogP contribution is -2.21.